The summed E-state index contributed by atoms with van der Waals surface area (Å²) < 4.78 is 10.3. The lowest BCUT2D eigenvalue weighted by atomic mass is 9.96. The lowest BCUT2D eigenvalue weighted by molar-refractivity contribution is 0.180. The number of piperidine rings is 1. The van der Waals surface area contributed by atoms with Gasteiger partial charge in [0, 0.05) is 33.3 Å². The summed E-state index contributed by atoms with van der Waals surface area (Å²) in [4.78, 5) is 7.28. The van der Waals surface area contributed by atoms with Gasteiger partial charge in [0.25, 0.3) is 0 Å². The fourth-order valence-corrected chi connectivity index (χ4v) is 3.15. The van der Waals surface area contributed by atoms with E-state index in [1.165, 1.54) is 18.4 Å². The Morgan fingerprint density at radius 2 is 1.88 bits per heavy atom. The van der Waals surface area contributed by atoms with E-state index in [1.807, 2.05) is 12.1 Å². The molecule has 0 amide bonds. The standard InChI is InChI=1S/C20H34N4O2/c1-4-21-20(22-11-14-25-2)23-15-17-9-12-24(13-10-17)16-18-5-7-19(26-3)8-6-18/h5-8,17H,4,9-16H2,1-3H3,(H2,21,22,23). The lowest BCUT2D eigenvalue weighted by Gasteiger charge is -2.31. The average molecular weight is 363 g/mol. The second-order valence-corrected chi connectivity index (χ2v) is 6.71. The summed E-state index contributed by atoms with van der Waals surface area (Å²) in [6, 6.07) is 8.39. The fourth-order valence-electron chi connectivity index (χ4n) is 3.15. The molecular weight excluding hydrogens is 328 g/mol. The highest BCUT2D eigenvalue weighted by atomic mass is 16.5. The summed E-state index contributed by atoms with van der Waals surface area (Å²) in [6.45, 7) is 8.61. The Labute approximate surface area is 158 Å². The van der Waals surface area contributed by atoms with Crippen molar-refractivity contribution in [3.8, 4) is 5.75 Å². The topological polar surface area (TPSA) is 58.1 Å². The summed E-state index contributed by atoms with van der Waals surface area (Å²) >= 11 is 0. The molecule has 2 rings (SSSR count). The van der Waals surface area contributed by atoms with Gasteiger partial charge in [-0.3, -0.25) is 9.89 Å². The number of nitrogens with zero attached hydrogens (tertiary/aromatic N) is 2. The average Bonchev–Trinajstić information content (AvgIpc) is 2.68. The molecule has 1 fully saturated rings. The minimum absolute atomic E-state index is 0.667. The number of hydrogen-bond acceptors (Lipinski definition) is 4. The molecule has 0 spiro atoms. The zero-order chi connectivity index (χ0) is 18.6. The van der Waals surface area contributed by atoms with Gasteiger partial charge >= 0.3 is 0 Å². The molecule has 6 nitrogen and oxygen atoms in total. The van der Waals surface area contributed by atoms with Crippen LogP contribution in [0.15, 0.2) is 29.3 Å². The molecule has 0 bridgehead atoms. The molecule has 0 radical (unpaired) electrons. The van der Waals surface area contributed by atoms with Gasteiger partial charge in [0.2, 0.25) is 0 Å². The van der Waals surface area contributed by atoms with E-state index in [9.17, 15) is 0 Å². The fraction of sp³-hybridized carbons (Fsp3) is 0.650. The third-order valence-corrected chi connectivity index (χ3v) is 4.72. The smallest absolute Gasteiger partial charge is 0.191 e. The van der Waals surface area contributed by atoms with Crippen molar-refractivity contribution < 1.29 is 9.47 Å². The van der Waals surface area contributed by atoms with E-state index in [1.54, 1.807) is 14.2 Å². The second kappa shape index (κ2) is 11.8. The van der Waals surface area contributed by atoms with Crippen LogP contribution in [-0.2, 0) is 11.3 Å². The molecule has 6 heteroatoms. The molecule has 0 saturated carbocycles. The maximum absolute atomic E-state index is 5.22. The van der Waals surface area contributed by atoms with Crippen molar-refractivity contribution in [2.24, 2.45) is 10.9 Å². The van der Waals surface area contributed by atoms with Gasteiger partial charge in [-0.1, -0.05) is 12.1 Å². The van der Waals surface area contributed by atoms with Crippen molar-refractivity contribution in [1.82, 2.24) is 15.5 Å². The predicted octanol–water partition coefficient (Wildman–Crippen LogP) is 2.11. The molecule has 1 aliphatic rings. The Hall–Kier alpha value is -1.79. The number of rotatable bonds is 9. The van der Waals surface area contributed by atoms with Crippen molar-refractivity contribution in [2.45, 2.75) is 26.3 Å². The Morgan fingerprint density at radius 3 is 2.50 bits per heavy atom. The third kappa shape index (κ3) is 7.22. The first-order valence-corrected chi connectivity index (χ1v) is 9.61. The summed E-state index contributed by atoms with van der Waals surface area (Å²) in [5.74, 6) is 2.48. The molecular formula is C20H34N4O2. The van der Waals surface area contributed by atoms with Crippen LogP contribution in [0.4, 0.5) is 0 Å². The van der Waals surface area contributed by atoms with Crippen molar-refractivity contribution >= 4 is 5.96 Å². The molecule has 1 aliphatic heterocycles. The van der Waals surface area contributed by atoms with Gasteiger partial charge in [-0.15, -0.1) is 0 Å². The van der Waals surface area contributed by atoms with Crippen LogP contribution in [0.5, 0.6) is 5.75 Å². The zero-order valence-corrected chi connectivity index (χ0v) is 16.5. The number of guanidine groups is 1. The van der Waals surface area contributed by atoms with Crippen molar-refractivity contribution in [3.05, 3.63) is 29.8 Å². The van der Waals surface area contributed by atoms with Crippen molar-refractivity contribution in [1.29, 1.82) is 0 Å². The van der Waals surface area contributed by atoms with E-state index >= 15 is 0 Å². The third-order valence-electron chi connectivity index (χ3n) is 4.72. The van der Waals surface area contributed by atoms with E-state index in [-0.39, 0.29) is 0 Å². The van der Waals surface area contributed by atoms with Crippen LogP contribution in [-0.4, -0.2) is 64.4 Å². The number of nitrogens with one attached hydrogen (secondary N) is 2. The van der Waals surface area contributed by atoms with E-state index in [2.05, 4.69) is 34.6 Å². The second-order valence-electron chi connectivity index (χ2n) is 6.71. The number of benzene rings is 1. The van der Waals surface area contributed by atoms with Gasteiger partial charge in [-0.05, 0) is 56.5 Å². The van der Waals surface area contributed by atoms with E-state index < -0.39 is 0 Å². The molecule has 1 aromatic carbocycles. The number of ether oxygens (including phenoxy) is 2. The zero-order valence-electron chi connectivity index (χ0n) is 16.5. The molecule has 26 heavy (non-hydrogen) atoms. The van der Waals surface area contributed by atoms with Crippen LogP contribution in [0.2, 0.25) is 0 Å². The minimum Gasteiger partial charge on any atom is -0.497 e. The molecule has 1 saturated heterocycles. The molecule has 1 aromatic rings. The summed E-state index contributed by atoms with van der Waals surface area (Å²) in [5.41, 5.74) is 1.35. The maximum atomic E-state index is 5.22. The van der Waals surface area contributed by atoms with Crippen molar-refractivity contribution in [3.63, 3.8) is 0 Å². The van der Waals surface area contributed by atoms with E-state index in [4.69, 9.17) is 14.5 Å². The number of aliphatic imine (C=N–C) groups is 1. The summed E-state index contributed by atoms with van der Waals surface area (Å²) in [7, 11) is 3.42. The van der Waals surface area contributed by atoms with Gasteiger partial charge in [0.05, 0.1) is 13.7 Å². The highest BCUT2D eigenvalue weighted by Crippen LogP contribution is 2.20. The number of likely N-dealkylation sites (tertiary alicyclic amines) is 1. The number of methoxy groups -OCH3 is 2. The van der Waals surface area contributed by atoms with Gasteiger partial charge in [0.15, 0.2) is 5.96 Å². The first-order chi connectivity index (χ1) is 12.7. The summed E-state index contributed by atoms with van der Waals surface area (Å²) in [6.07, 6.45) is 2.41. The first kappa shape index (κ1) is 20.5. The van der Waals surface area contributed by atoms with Crippen LogP contribution in [0.3, 0.4) is 0 Å². The number of hydrogen-bond donors (Lipinski definition) is 2. The highest BCUT2D eigenvalue weighted by molar-refractivity contribution is 5.79. The molecule has 0 unspecified atom stereocenters. The van der Waals surface area contributed by atoms with Crippen LogP contribution in [0, 0.1) is 5.92 Å². The van der Waals surface area contributed by atoms with Crippen molar-refractivity contribution in [2.75, 3.05) is 53.6 Å². The van der Waals surface area contributed by atoms with Gasteiger partial charge in [-0.2, -0.15) is 0 Å². The van der Waals surface area contributed by atoms with Crippen LogP contribution in [0.1, 0.15) is 25.3 Å². The van der Waals surface area contributed by atoms with Gasteiger partial charge < -0.3 is 20.1 Å². The van der Waals surface area contributed by atoms with E-state index in [0.717, 1.165) is 51.0 Å². The Morgan fingerprint density at radius 1 is 1.15 bits per heavy atom. The SMILES string of the molecule is CCNC(=NCC1CCN(Cc2ccc(OC)cc2)CC1)NCCOC. The van der Waals surface area contributed by atoms with Crippen LogP contribution in [0.25, 0.3) is 0 Å². The minimum atomic E-state index is 0.667. The van der Waals surface area contributed by atoms with E-state index in [0.29, 0.717) is 12.5 Å². The van der Waals surface area contributed by atoms with Gasteiger partial charge in [0.1, 0.15) is 5.75 Å². The molecule has 2 N–H and O–H groups in total. The largest absolute Gasteiger partial charge is 0.497 e. The van der Waals surface area contributed by atoms with Crippen LogP contribution >= 0.6 is 0 Å². The Bertz CT molecular complexity index is 525. The summed E-state index contributed by atoms with van der Waals surface area (Å²) in [5, 5.41) is 6.60. The van der Waals surface area contributed by atoms with Gasteiger partial charge in [-0.25, -0.2) is 0 Å². The molecule has 146 valence electrons. The monoisotopic (exact) mass is 362 g/mol. The molecule has 0 aliphatic carbocycles. The maximum Gasteiger partial charge on any atom is 0.191 e. The molecule has 1 heterocycles. The van der Waals surface area contributed by atoms with Crippen LogP contribution < -0.4 is 15.4 Å². The Kier molecular flexibility index (Phi) is 9.28. The molecule has 0 atom stereocenters. The quantitative estimate of drug-likeness (QED) is 0.400. The normalized spacial score (nSPS) is 16.5. The predicted molar refractivity (Wildman–Crippen MR) is 107 cm³/mol. The lowest BCUT2D eigenvalue weighted by Crippen LogP contribution is -2.40. The highest BCUT2D eigenvalue weighted by Gasteiger charge is 2.19. The molecule has 0 aromatic heterocycles. The Balaban J connectivity index is 1.73. The first-order valence-electron chi connectivity index (χ1n) is 9.61.